The fourth-order valence-corrected chi connectivity index (χ4v) is 3.49. The van der Waals surface area contributed by atoms with Crippen LogP contribution in [-0.2, 0) is 11.2 Å². The number of amides is 1. The van der Waals surface area contributed by atoms with Gasteiger partial charge in [-0.3, -0.25) is 4.79 Å². The maximum atomic E-state index is 12.6. The van der Waals surface area contributed by atoms with Crippen molar-refractivity contribution in [2.24, 2.45) is 0 Å². The van der Waals surface area contributed by atoms with Crippen LogP contribution in [0, 0.1) is 0 Å². The van der Waals surface area contributed by atoms with Crippen LogP contribution in [-0.4, -0.2) is 17.7 Å². The lowest BCUT2D eigenvalue weighted by Crippen LogP contribution is -2.35. The first-order valence-electron chi connectivity index (χ1n) is 6.87. The minimum atomic E-state index is -0.0662. The summed E-state index contributed by atoms with van der Waals surface area (Å²) in [5.74, 6) is 0.198. The second-order valence-electron chi connectivity index (χ2n) is 4.94. The van der Waals surface area contributed by atoms with Crippen LogP contribution in [0.2, 0.25) is 0 Å². The fraction of sp³-hybridized carbons (Fsp3) is 0.235. The normalized spacial score (nSPS) is 14.9. The molecule has 0 bridgehead atoms. The topological polar surface area (TPSA) is 20.3 Å². The maximum absolute atomic E-state index is 12.6. The third-order valence-corrected chi connectivity index (χ3v) is 4.66. The Morgan fingerprint density at radius 2 is 1.80 bits per heavy atom. The molecule has 102 valence electrons. The van der Waals surface area contributed by atoms with Gasteiger partial charge in [0.05, 0.1) is 5.25 Å². The lowest BCUT2D eigenvalue weighted by molar-refractivity contribution is -0.117. The van der Waals surface area contributed by atoms with E-state index >= 15 is 0 Å². The summed E-state index contributed by atoms with van der Waals surface area (Å²) in [6, 6.07) is 18.3. The van der Waals surface area contributed by atoms with Crippen LogP contribution >= 0.6 is 11.8 Å². The molecule has 20 heavy (non-hydrogen) atoms. The zero-order valence-electron chi connectivity index (χ0n) is 11.5. The molecule has 0 fully saturated rings. The number of anilines is 1. The highest BCUT2D eigenvalue weighted by atomic mass is 32.2. The van der Waals surface area contributed by atoms with Crippen molar-refractivity contribution < 1.29 is 4.79 Å². The number of thioether (sulfide) groups is 1. The van der Waals surface area contributed by atoms with Crippen LogP contribution in [0.15, 0.2) is 59.5 Å². The van der Waals surface area contributed by atoms with Crippen molar-refractivity contribution in [1.82, 2.24) is 0 Å². The molecule has 3 rings (SSSR count). The molecular weight excluding hydrogens is 266 g/mol. The lowest BCUT2D eigenvalue weighted by Gasteiger charge is -2.21. The van der Waals surface area contributed by atoms with Gasteiger partial charge in [-0.05, 0) is 37.1 Å². The molecule has 1 amide bonds. The monoisotopic (exact) mass is 283 g/mol. The second kappa shape index (κ2) is 5.71. The molecule has 0 aliphatic carbocycles. The summed E-state index contributed by atoms with van der Waals surface area (Å²) in [7, 11) is 0. The quantitative estimate of drug-likeness (QED) is 0.799. The van der Waals surface area contributed by atoms with E-state index in [1.165, 1.54) is 5.56 Å². The Morgan fingerprint density at radius 3 is 2.60 bits per heavy atom. The Kier molecular flexibility index (Phi) is 3.79. The van der Waals surface area contributed by atoms with E-state index in [9.17, 15) is 4.79 Å². The Balaban J connectivity index is 1.74. The molecule has 1 unspecified atom stereocenters. The number of fused-ring (bicyclic) bond motifs is 1. The lowest BCUT2D eigenvalue weighted by atomic mass is 10.2. The average molecular weight is 283 g/mol. The first-order valence-corrected chi connectivity index (χ1v) is 7.74. The van der Waals surface area contributed by atoms with E-state index in [-0.39, 0.29) is 11.2 Å². The molecule has 0 aromatic heterocycles. The molecule has 0 N–H and O–H groups in total. The van der Waals surface area contributed by atoms with E-state index < -0.39 is 0 Å². The molecule has 2 nitrogen and oxygen atoms in total. The number of hydrogen-bond donors (Lipinski definition) is 0. The predicted molar refractivity (Wildman–Crippen MR) is 84.3 cm³/mol. The summed E-state index contributed by atoms with van der Waals surface area (Å²) in [5, 5.41) is -0.0662. The number of nitrogens with zero attached hydrogens (tertiary/aromatic N) is 1. The van der Waals surface area contributed by atoms with Gasteiger partial charge in [-0.25, -0.2) is 0 Å². The van der Waals surface area contributed by atoms with Crippen LogP contribution in [0.1, 0.15) is 12.5 Å². The van der Waals surface area contributed by atoms with Gasteiger partial charge < -0.3 is 4.90 Å². The summed E-state index contributed by atoms with van der Waals surface area (Å²) in [6.45, 7) is 2.79. The summed E-state index contributed by atoms with van der Waals surface area (Å²) in [4.78, 5) is 15.7. The molecule has 0 spiro atoms. The van der Waals surface area contributed by atoms with Gasteiger partial charge in [-0.1, -0.05) is 36.4 Å². The van der Waals surface area contributed by atoms with Crippen molar-refractivity contribution in [2.45, 2.75) is 23.5 Å². The minimum absolute atomic E-state index is 0.0662. The minimum Gasteiger partial charge on any atom is -0.311 e. The van der Waals surface area contributed by atoms with Crippen molar-refractivity contribution in [1.29, 1.82) is 0 Å². The van der Waals surface area contributed by atoms with Crippen LogP contribution in [0.5, 0.6) is 0 Å². The number of benzene rings is 2. The number of carbonyl (C=O) groups is 1. The van der Waals surface area contributed by atoms with E-state index in [0.29, 0.717) is 0 Å². The molecule has 1 aliphatic heterocycles. The molecular formula is C17H17NOS. The molecule has 1 atom stereocenters. The van der Waals surface area contributed by atoms with Crippen LogP contribution in [0.4, 0.5) is 5.69 Å². The highest BCUT2D eigenvalue weighted by Gasteiger charge is 2.27. The standard InChI is InChI=1S/C17H17NOS/c1-13(20-15-8-3-2-4-9-15)17(19)18-12-11-14-7-5-6-10-16(14)18/h2-10,13H,11-12H2,1H3. The maximum Gasteiger partial charge on any atom is 0.240 e. The first kappa shape index (κ1) is 13.3. The van der Waals surface area contributed by atoms with Crippen molar-refractivity contribution in [3.8, 4) is 0 Å². The van der Waals surface area contributed by atoms with Gasteiger partial charge in [0.15, 0.2) is 0 Å². The average Bonchev–Trinajstić information content (AvgIpc) is 2.91. The summed E-state index contributed by atoms with van der Waals surface area (Å²) >= 11 is 1.62. The van der Waals surface area contributed by atoms with E-state index in [1.54, 1.807) is 11.8 Å². The van der Waals surface area contributed by atoms with E-state index in [0.717, 1.165) is 23.5 Å². The Bertz CT molecular complexity index is 611. The highest BCUT2D eigenvalue weighted by molar-refractivity contribution is 8.00. The third-order valence-electron chi connectivity index (χ3n) is 3.56. The van der Waals surface area contributed by atoms with E-state index in [4.69, 9.17) is 0 Å². The summed E-state index contributed by atoms with van der Waals surface area (Å²) in [5.41, 5.74) is 2.36. The van der Waals surface area contributed by atoms with E-state index in [2.05, 4.69) is 6.07 Å². The van der Waals surface area contributed by atoms with Crippen molar-refractivity contribution in [3.63, 3.8) is 0 Å². The van der Waals surface area contributed by atoms with Crippen molar-refractivity contribution in [3.05, 3.63) is 60.2 Å². The summed E-state index contributed by atoms with van der Waals surface area (Å²) < 4.78 is 0. The smallest absolute Gasteiger partial charge is 0.240 e. The van der Waals surface area contributed by atoms with Gasteiger partial charge >= 0.3 is 0 Å². The molecule has 2 aromatic carbocycles. The van der Waals surface area contributed by atoms with Crippen molar-refractivity contribution in [2.75, 3.05) is 11.4 Å². The number of hydrogen-bond acceptors (Lipinski definition) is 2. The van der Waals surface area contributed by atoms with Gasteiger partial charge in [-0.2, -0.15) is 0 Å². The fourth-order valence-electron chi connectivity index (χ4n) is 2.54. The molecule has 3 heteroatoms. The third kappa shape index (κ3) is 2.59. The van der Waals surface area contributed by atoms with Gasteiger partial charge in [0.1, 0.15) is 0 Å². The second-order valence-corrected chi connectivity index (χ2v) is 6.36. The number of rotatable bonds is 3. The van der Waals surface area contributed by atoms with Gasteiger partial charge in [-0.15, -0.1) is 11.8 Å². The molecule has 0 saturated heterocycles. The zero-order valence-corrected chi connectivity index (χ0v) is 12.3. The Labute approximate surface area is 123 Å². The first-order chi connectivity index (χ1) is 9.75. The SMILES string of the molecule is CC(Sc1ccccc1)C(=O)N1CCc2ccccc21. The van der Waals surface area contributed by atoms with E-state index in [1.807, 2.05) is 60.4 Å². The molecule has 1 heterocycles. The Morgan fingerprint density at radius 1 is 1.10 bits per heavy atom. The van der Waals surface area contributed by atoms with Gasteiger partial charge in [0.25, 0.3) is 0 Å². The highest BCUT2D eigenvalue weighted by Crippen LogP contribution is 2.31. The largest absolute Gasteiger partial charge is 0.311 e. The van der Waals surface area contributed by atoms with Crippen LogP contribution in [0.3, 0.4) is 0 Å². The van der Waals surface area contributed by atoms with Gasteiger partial charge in [0.2, 0.25) is 5.91 Å². The molecule has 0 radical (unpaired) electrons. The van der Waals surface area contributed by atoms with Crippen LogP contribution in [0.25, 0.3) is 0 Å². The summed E-state index contributed by atoms with van der Waals surface area (Å²) in [6.07, 6.45) is 0.963. The Hall–Kier alpha value is -1.74. The molecule has 2 aromatic rings. The van der Waals surface area contributed by atoms with Gasteiger partial charge in [0, 0.05) is 17.1 Å². The molecule has 0 saturated carbocycles. The number of carbonyl (C=O) groups excluding carboxylic acids is 1. The molecule has 1 aliphatic rings. The predicted octanol–water partition coefficient (Wildman–Crippen LogP) is 3.76. The van der Waals surface area contributed by atoms with Crippen molar-refractivity contribution >= 4 is 23.4 Å². The number of para-hydroxylation sites is 1. The zero-order chi connectivity index (χ0) is 13.9. The van der Waals surface area contributed by atoms with Crippen LogP contribution < -0.4 is 4.90 Å².